The molecule has 11 heavy (non-hydrogen) atoms. The normalized spacial score (nSPS) is 39.3. The predicted octanol–water partition coefficient (Wildman–Crippen LogP) is 0.706. The first-order valence-electron chi connectivity index (χ1n) is 4.42. The second-order valence-corrected chi connectivity index (χ2v) is 3.34. The minimum absolute atomic E-state index is 0.551. The van der Waals surface area contributed by atoms with E-state index in [0.717, 1.165) is 26.2 Å². The quantitative estimate of drug-likeness (QED) is 0.608. The maximum atomic E-state index is 5.40. The van der Waals surface area contributed by atoms with Crippen LogP contribution < -0.4 is 5.48 Å². The van der Waals surface area contributed by atoms with Gasteiger partial charge in [-0.1, -0.05) is 0 Å². The van der Waals surface area contributed by atoms with Crippen molar-refractivity contribution in [3.8, 4) is 0 Å². The summed E-state index contributed by atoms with van der Waals surface area (Å²) in [7, 11) is 0. The Morgan fingerprint density at radius 1 is 1.18 bits per heavy atom. The Bertz CT molecular complexity index is 117. The number of hydrogen-bond acceptors (Lipinski definition) is 3. The van der Waals surface area contributed by atoms with Crippen molar-refractivity contribution in [2.75, 3.05) is 19.8 Å². The molecule has 1 N–H and O–H groups in total. The zero-order valence-corrected chi connectivity index (χ0v) is 6.71. The van der Waals surface area contributed by atoms with E-state index in [4.69, 9.17) is 9.57 Å². The summed E-state index contributed by atoms with van der Waals surface area (Å²) in [6, 6.07) is 0.551. The van der Waals surface area contributed by atoms with Crippen LogP contribution in [0.1, 0.15) is 19.3 Å². The Kier molecular flexibility index (Phi) is 2.41. The van der Waals surface area contributed by atoms with Gasteiger partial charge in [0.05, 0.1) is 13.2 Å². The highest BCUT2D eigenvalue weighted by molar-refractivity contribution is 4.78. The highest BCUT2D eigenvalue weighted by Crippen LogP contribution is 2.21. The minimum atomic E-state index is 0.551. The number of rotatable bonds is 1. The van der Waals surface area contributed by atoms with Crippen molar-refractivity contribution in [2.45, 2.75) is 25.3 Å². The second-order valence-electron chi connectivity index (χ2n) is 3.34. The van der Waals surface area contributed by atoms with Gasteiger partial charge in [0.2, 0.25) is 0 Å². The molecule has 2 heterocycles. The van der Waals surface area contributed by atoms with Gasteiger partial charge in [-0.25, -0.2) is 0 Å². The van der Waals surface area contributed by atoms with Gasteiger partial charge in [0.1, 0.15) is 0 Å². The summed E-state index contributed by atoms with van der Waals surface area (Å²) in [5, 5.41) is 0. The smallest absolute Gasteiger partial charge is 0.0698 e. The second kappa shape index (κ2) is 3.52. The summed E-state index contributed by atoms with van der Waals surface area (Å²) in [6.45, 7) is 2.73. The van der Waals surface area contributed by atoms with Crippen LogP contribution in [-0.2, 0) is 9.57 Å². The molecule has 0 spiro atoms. The van der Waals surface area contributed by atoms with E-state index >= 15 is 0 Å². The van der Waals surface area contributed by atoms with Crippen LogP contribution in [-0.4, -0.2) is 25.9 Å². The van der Waals surface area contributed by atoms with Crippen LogP contribution in [0, 0.1) is 5.92 Å². The third kappa shape index (κ3) is 1.72. The fourth-order valence-corrected chi connectivity index (χ4v) is 1.83. The van der Waals surface area contributed by atoms with E-state index in [9.17, 15) is 0 Å². The molecule has 0 aromatic carbocycles. The van der Waals surface area contributed by atoms with E-state index in [2.05, 4.69) is 5.48 Å². The Labute approximate surface area is 67.0 Å². The van der Waals surface area contributed by atoms with Gasteiger partial charge in [-0.15, -0.1) is 0 Å². The topological polar surface area (TPSA) is 30.5 Å². The molecule has 2 saturated heterocycles. The lowest BCUT2D eigenvalue weighted by molar-refractivity contribution is 0.0176. The summed E-state index contributed by atoms with van der Waals surface area (Å²) < 4.78 is 5.40. The zero-order valence-electron chi connectivity index (χ0n) is 6.71. The van der Waals surface area contributed by atoms with Crippen LogP contribution in [0.15, 0.2) is 0 Å². The van der Waals surface area contributed by atoms with Gasteiger partial charge in [-0.2, -0.15) is 5.48 Å². The number of nitrogens with one attached hydrogen (secondary N) is 1. The van der Waals surface area contributed by atoms with Crippen molar-refractivity contribution in [1.29, 1.82) is 0 Å². The summed E-state index contributed by atoms with van der Waals surface area (Å²) in [4.78, 5) is 5.10. The largest absolute Gasteiger partial charge is 0.381 e. The maximum Gasteiger partial charge on any atom is 0.0698 e. The fourth-order valence-electron chi connectivity index (χ4n) is 1.83. The van der Waals surface area contributed by atoms with Gasteiger partial charge in [-0.05, 0) is 19.3 Å². The third-order valence-corrected chi connectivity index (χ3v) is 2.53. The van der Waals surface area contributed by atoms with E-state index < -0.39 is 0 Å². The summed E-state index contributed by atoms with van der Waals surface area (Å²) in [6.07, 6.45) is 3.65. The van der Waals surface area contributed by atoms with Crippen molar-refractivity contribution in [3.63, 3.8) is 0 Å². The molecule has 2 atom stereocenters. The zero-order chi connectivity index (χ0) is 7.52. The molecular formula is C8H15NO2. The Balaban J connectivity index is 1.82. The molecule has 0 radical (unpaired) electrons. The first-order chi connectivity index (χ1) is 5.47. The molecule has 0 aromatic rings. The molecule has 2 unspecified atom stereocenters. The van der Waals surface area contributed by atoms with Crippen molar-refractivity contribution in [3.05, 3.63) is 0 Å². The third-order valence-electron chi connectivity index (χ3n) is 2.53. The Morgan fingerprint density at radius 3 is 2.82 bits per heavy atom. The van der Waals surface area contributed by atoms with Crippen LogP contribution in [0.2, 0.25) is 0 Å². The Hall–Kier alpha value is -0.120. The summed E-state index contributed by atoms with van der Waals surface area (Å²) in [5.41, 5.74) is 3.05. The lowest BCUT2D eigenvalue weighted by Crippen LogP contribution is -2.35. The lowest BCUT2D eigenvalue weighted by atomic mass is 9.93. The van der Waals surface area contributed by atoms with E-state index in [1.54, 1.807) is 0 Å². The van der Waals surface area contributed by atoms with Crippen molar-refractivity contribution < 1.29 is 9.57 Å². The average Bonchev–Trinajstić information content (AvgIpc) is 2.58. The highest BCUT2D eigenvalue weighted by Gasteiger charge is 2.26. The molecule has 3 nitrogen and oxygen atoms in total. The van der Waals surface area contributed by atoms with Gasteiger partial charge in [0, 0.05) is 18.6 Å². The van der Waals surface area contributed by atoms with E-state index in [0.29, 0.717) is 12.0 Å². The van der Waals surface area contributed by atoms with Crippen LogP contribution >= 0.6 is 0 Å². The predicted molar refractivity (Wildman–Crippen MR) is 41.0 cm³/mol. The lowest BCUT2D eigenvalue weighted by Gasteiger charge is -2.26. The first kappa shape index (κ1) is 7.53. The van der Waals surface area contributed by atoms with Crippen molar-refractivity contribution >= 4 is 0 Å². The monoisotopic (exact) mass is 157 g/mol. The van der Waals surface area contributed by atoms with E-state index in [-0.39, 0.29) is 0 Å². The van der Waals surface area contributed by atoms with Gasteiger partial charge >= 0.3 is 0 Å². The SMILES string of the molecule is C1COCC(C2CCON2)C1. The number of ether oxygens (including phenoxy) is 1. The standard InChI is InChI=1S/C8H15NO2/c1-2-7(6-10-4-1)8-3-5-11-9-8/h7-9H,1-6H2. The summed E-state index contributed by atoms with van der Waals surface area (Å²) >= 11 is 0. The molecule has 2 rings (SSSR count). The van der Waals surface area contributed by atoms with Crippen LogP contribution in [0.4, 0.5) is 0 Å². The Morgan fingerprint density at radius 2 is 2.18 bits per heavy atom. The van der Waals surface area contributed by atoms with Gasteiger partial charge in [0.15, 0.2) is 0 Å². The molecule has 0 bridgehead atoms. The van der Waals surface area contributed by atoms with Crippen molar-refractivity contribution in [1.82, 2.24) is 5.48 Å². The highest BCUT2D eigenvalue weighted by atomic mass is 16.7. The molecule has 0 aliphatic carbocycles. The molecule has 2 aliphatic rings. The average molecular weight is 157 g/mol. The molecule has 2 fully saturated rings. The van der Waals surface area contributed by atoms with Gasteiger partial charge < -0.3 is 9.57 Å². The molecule has 0 saturated carbocycles. The van der Waals surface area contributed by atoms with Crippen LogP contribution in [0.3, 0.4) is 0 Å². The number of hydrogen-bond donors (Lipinski definition) is 1. The molecule has 2 aliphatic heterocycles. The van der Waals surface area contributed by atoms with Gasteiger partial charge in [-0.3, -0.25) is 0 Å². The molecule has 0 amide bonds. The molecule has 3 heteroatoms. The fraction of sp³-hybridized carbons (Fsp3) is 1.00. The molecule has 0 aromatic heterocycles. The van der Waals surface area contributed by atoms with Crippen LogP contribution in [0.25, 0.3) is 0 Å². The van der Waals surface area contributed by atoms with Crippen molar-refractivity contribution in [2.24, 2.45) is 5.92 Å². The van der Waals surface area contributed by atoms with Gasteiger partial charge in [0.25, 0.3) is 0 Å². The minimum Gasteiger partial charge on any atom is -0.381 e. The molecular weight excluding hydrogens is 142 g/mol. The van der Waals surface area contributed by atoms with Crippen LogP contribution in [0.5, 0.6) is 0 Å². The maximum absolute atomic E-state index is 5.40. The van der Waals surface area contributed by atoms with E-state index in [1.165, 1.54) is 12.8 Å². The first-order valence-corrected chi connectivity index (χ1v) is 4.42. The molecule has 64 valence electrons. The number of hydroxylamine groups is 1. The van der Waals surface area contributed by atoms with E-state index in [1.807, 2.05) is 0 Å². The summed E-state index contributed by atoms with van der Waals surface area (Å²) in [5.74, 6) is 0.686.